The average Bonchev–Trinajstić information content (AvgIpc) is 3.17. The molecule has 0 unspecified atom stereocenters. The van der Waals surface area contributed by atoms with Gasteiger partial charge >= 0.3 is 12.6 Å². The largest absolute Gasteiger partial charge is 0.493 e. The second-order valence-electron chi connectivity index (χ2n) is 5.48. The van der Waals surface area contributed by atoms with Crippen molar-refractivity contribution in [1.82, 2.24) is 4.98 Å². The van der Waals surface area contributed by atoms with Crippen molar-refractivity contribution in [2.45, 2.75) is 13.2 Å². The third-order valence-corrected chi connectivity index (χ3v) is 4.76. The van der Waals surface area contributed by atoms with Crippen LogP contribution in [0.5, 0.6) is 11.5 Å². The molecule has 0 radical (unpaired) electrons. The zero-order valence-electron chi connectivity index (χ0n) is 14.5. The molecule has 2 aromatic carbocycles. The number of ether oxygens (including phenoxy) is 3. The van der Waals surface area contributed by atoms with E-state index in [2.05, 4.69) is 9.72 Å². The van der Waals surface area contributed by atoms with E-state index in [9.17, 15) is 13.6 Å². The lowest BCUT2D eigenvalue weighted by Gasteiger charge is -2.11. The number of carbonyl (C=O) groups excluding carboxylic acids is 1. The Kier molecular flexibility index (Phi) is 6.43. The molecule has 0 N–H and O–H groups in total. The molecule has 146 valence electrons. The van der Waals surface area contributed by atoms with Crippen LogP contribution in [0.25, 0.3) is 10.6 Å². The zero-order valence-corrected chi connectivity index (χ0v) is 16.1. The summed E-state index contributed by atoms with van der Waals surface area (Å²) in [6.07, 6.45) is 0. The van der Waals surface area contributed by atoms with Crippen molar-refractivity contribution in [1.29, 1.82) is 0 Å². The molecular formula is C19H14ClF2NO4S. The maximum atomic E-state index is 12.4. The first-order valence-corrected chi connectivity index (χ1v) is 9.22. The van der Waals surface area contributed by atoms with Crippen LogP contribution < -0.4 is 9.47 Å². The van der Waals surface area contributed by atoms with Gasteiger partial charge in [-0.2, -0.15) is 8.78 Å². The fraction of sp³-hybridized carbons (Fsp3) is 0.158. The second kappa shape index (κ2) is 8.99. The lowest BCUT2D eigenvalue weighted by molar-refractivity contribution is -0.0512. The molecule has 9 heteroatoms. The Morgan fingerprint density at radius 3 is 2.61 bits per heavy atom. The van der Waals surface area contributed by atoms with E-state index >= 15 is 0 Å². The number of hydrogen-bond acceptors (Lipinski definition) is 6. The molecule has 0 fully saturated rings. The van der Waals surface area contributed by atoms with E-state index in [-0.39, 0.29) is 23.8 Å². The number of methoxy groups -OCH3 is 1. The number of nitrogens with zero attached hydrogens (tertiary/aromatic N) is 1. The highest BCUT2D eigenvalue weighted by Crippen LogP contribution is 2.30. The highest BCUT2D eigenvalue weighted by atomic mass is 35.5. The molecule has 1 aromatic heterocycles. The summed E-state index contributed by atoms with van der Waals surface area (Å²) in [4.78, 5) is 16.5. The Morgan fingerprint density at radius 2 is 1.93 bits per heavy atom. The van der Waals surface area contributed by atoms with E-state index in [0.29, 0.717) is 15.6 Å². The molecule has 3 aromatic rings. The quantitative estimate of drug-likeness (QED) is 0.472. The molecule has 0 aliphatic heterocycles. The first-order chi connectivity index (χ1) is 13.5. The van der Waals surface area contributed by atoms with Gasteiger partial charge in [0, 0.05) is 16.0 Å². The van der Waals surface area contributed by atoms with Crippen LogP contribution in [0.15, 0.2) is 47.8 Å². The number of esters is 1. The van der Waals surface area contributed by atoms with Gasteiger partial charge in [-0.15, -0.1) is 11.3 Å². The summed E-state index contributed by atoms with van der Waals surface area (Å²) in [5.41, 5.74) is 1.58. The molecule has 0 saturated heterocycles. The molecule has 0 aliphatic rings. The normalized spacial score (nSPS) is 10.8. The molecule has 28 heavy (non-hydrogen) atoms. The summed E-state index contributed by atoms with van der Waals surface area (Å²) in [5.74, 6) is -0.574. The molecule has 0 spiro atoms. The van der Waals surface area contributed by atoms with E-state index < -0.39 is 12.6 Å². The van der Waals surface area contributed by atoms with Crippen molar-refractivity contribution in [3.63, 3.8) is 0 Å². The summed E-state index contributed by atoms with van der Waals surface area (Å²) in [5, 5.41) is 2.88. The Balaban J connectivity index is 1.65. The first-order valence-electron chi connectivity index (χ1n) is 7.96. The van der Waals surface area contributed by atoms with Crippen molar-refractivity contribution in [3.8, 4) is 22.1 Å². The van der Waals surface area contributed by atoms with Crippen molar-refractivity contribution in [3.05, 3.63) is 64.1 Å². The van der Waals surface area contributed by atoms with Crippen molar-refractivity contribution < 1.29 is 27.8 Å². The van der Waals surface area contributed by atoms with Gasteiger partial charge in [-0.25, -0.2) is 9.78 Å². The SMILES string of the molecule is COc1cc(COC(=O)c2csc(-c3ccc(Cl)cc3)n2)ccc1OC(F)F. The fourth-order valence-electron chi connectivity index (χ4n) is 2.31. The van der Waals surface area contributed by atoms with E-state index in [1.54, 1.807) is 17.5 Å². The number of benzene rings is 2. The maximum absolute atomic E-state index is 12.4. The van der Waals surface area contributed by atoms with E-state index in [1.807, 2.05) is 12.1 Å². The molecular weight excluding hydrogens is 412 g/mol. The fourth-order valence-corrected chi connectivity index (χ4v) is 3.23. The van der Waals surface area contributed by atoms with Crippen LogP contribution >= 0.6 is 22.9 Å². The molecule has 1 heterocycles. The van der Waals surface area contributed by atoms with Gasteiger partial charge in [-0.05, 0) is 29.8 Å². The molecule has 0 atom stereocenters. The molecule has 0 aliphatic carbocycles. The topological polar surface area (TPSA) is 57.7 Å². The minimum Gasteiger partial charge on any atom is -0.493 e. The van der Waals surface area contributed by atoms with E-state index in [0.717, 1.165) is 5.56 Å². The van der Waals surface area contributed by atoms with Crippen LogP contribution in [-0.2, 0) is 11.3 Å². The number of thiazole rings is 1. The predicted octanol–water partition coefficient (Wildman–Crippen LogP) is 5.43. The van der Waals surface area contributed by atoms with Crippen LogP contribution in [0.3, 0.4) is 0 Å². The molecule has 0 amide bonds. The van der Waals surface area contributed by atoms with Gasteiger partial charge in [0.05, 0.1) is 7.11 Å². The third kappa shape index (κ3) is 4.96. The average molecular weight is 426 g/mol. The Bertz CT molecular complexity index is 963. The Morgan fingerprint density at radius 1 is 1.18 bits per heavy atom. The second-order valence-corrected chi connectivity index (χ2v) is 6.78. The van der Waals surface area contributed by atoms with Crippen molar-refractivity contribution in [2.24, 2.45) is 0 Å². The highest BCUT2D eigenvalue weighted by molar-refractivity contribution is 7.13. The third-order valence-electron chi connectivity index (χ3n) is 3.62. The number of halogens is 3. The summed E-state index contributed by atoms with van der Waals surface area (Å²) in [6.45, 7) is -3.03. The van der Waals surface area contributed by atoms with Crippen LogP contribution in [0.1, 0.15) is 16.1 Å². The number of alkyl halides is 2. The summed E-state index contributed by atoms with van der Waals surface area (Å²) >= 11 is 7.17. The van der Waals surface area contributed by atoms with Crippen LogP contribution in [0, 0.1) is 0 Å². The maximum Gasteiger partial charge on any atom is 0.387 e. The van der Waals surface area contributed by atoms with Crippen molar-refractivity contribution >= 4 is 28.9 Å². The van der Waals surface area contributed by atoms with Gasteiger partial charge in [0.2, 0.25) is 0 Å². The smallest absolute Gasteiger partial charge is 0.387 e. The number of carbonyl (C=O) groups is 1. The lowest BCUT2D eigenvalue weighted by atomic mass is 10.2. The predicted molar refractivity (Wildman–Crippen MR) is 101 cm³/mol. The van der Waals surface area contributed by atoms with E-state index in [4.69, 9.17) is 21.1 Å². The molecule has 0 saturated carbocycles. The minimum atomic E-state index is -2.96. The standard InChI is InChI=1S/C19H14ClF2NO4S/c1-25-16-8-11(2-7-15(16)27-19(21)22)9-26-18(24)14-10-28-17(23-14)12-3-5-13(20)6-4-12/h2-8,10,19H,9H2,1H3. The first kappa shape index (κ1) is 20.0. The van der Waals surface area contributed by atoms with Crippen LogP contribution in [-0.4, -0.2) is 24.7 Å². The molecule has 0 bridgehead atoms. The summed E-state index contributed by atoms with van der Waals surface area (Å²) in [6, 6.07) is 11.4. The summed E-state index contributed by atoms with van der Waals surface area (Å²) < 4.78 is 39.3. The van der Waals surface area contributed by atoms with Crippen LogP contribution in [0.4, 0.5) is 8.78 Å². The van der Waals surface area contributed by atoms with Gasteiger partial charge in [-0.3, -0.25) is 0 Å². The summed E-state index contributed by atoms with van der Waals surface area (Å²) in [7, 11) is 1.33. The van der Waals surface area contributed by atoms with Gasteiger partial charge in [0.1, 0.15) is 11.6 Å². The Hall–Kier alpha value is -2.71. The Labute approximate surface area is 168 Å². The van der Waals surface area contributed by atoms with E-state index in [1.165, 1.54) is 36.6 Å². The highest BCUT2D eigenvalue weighted by Gasteiger charge is 2.15. The number of aromatic nitrogens is 1. The number of rotatable bonds is 7. The van der Waals surface area contributed by atoms with Crippen molar-refractivity contribution in [2.75, 3.05) is 7.11 Å². The van der Waals surface area contributed by atoms with Gasteiger partial charge in [0.25, 0.3) is 0 Å². The molecule has 5 nitrogen and oxygen atoms in total. The monoisotopic (exact) mass is 425 g/mol. The minimum absolute atomic E-state index is 0.0715. The van der Waals surface area contributed by atoms with Gasteiger partial charge < -0.3 is 14.2 Å². The molecule has 3 rings (SSSR count). The zero-order chi connectivity index (χ0) is 20.1. The van der Waals surface area contributed by atoms with Gasteiger partial charge in [-0.1, -0.05) is 29.8 Å². The van der Waals surface area contributed by atoms with Gasteiger partial charge in [0.15, 0.2) is 17.2 Å². The van der Waals surface area contributed by atoms with Crippen LogP contribution in [0.2, 0.25) is 5.02 Å². The number of hydrogen-bond donors (Lipinski definition) is 0. The lowest BCUT2D eigenvalue weighted by Crippen LogP contribution is -2.07.